The highest BCUT2D eigenvalue weighted by Gasteiger charge is 2.42. The van der Waals surface area contributed by atoms with E-state index in [4.69, 9.17) is 11.6 Å². The van der Waals surface area contributed by atoms with Crippen molar-refractivity contribution in [1.82, 2.24) is 5.32 Å². The van der Waals surface area contributed by atoms with E-state index in [1.54, 1.807) is 0 Å². The molecule has 2 unspecified atom stereocenters. The van der Waals surface area contributed by atoms with Gasteiger partial charge in [0.25, 0.3) is 0 Å². The molecular weight excluding hydrogens is 231 g/mol. The molecule has 0 aliphatic heterocycles. The van der Waals surface area contributed by atoms with Crippen LogP contribution in [0.25, 0.3) is 0 Å². The zero-order valence-electron chi connectivity index (χ0n) is 8.11. The van der Waals surface area contributed by atoms with Gasteiger partial charge in [-0.1, -0.05) is 6.42 Å². The van der Waals surface area contributed by atoms with Gasteiger partial charge in [-0.3, -0.25) is 4.79 Å². The molecule has 1 amide bonds. The summed E-state index contributed by atoms with van der Waals surface area (Å²) in [6.45, 7) is 0. The molecule has 1 N–H and O–H groups in total. The molecule has 2 atom stereocenters. The zero-order valence-corrected chi connectivity index (χ0v) is 8.87. The largest absolute Gasteiger partial charge is 0.391 e. The highest BCUT2D eigenvalue weighted by atomic mass is 35.5. The number of carbonyl (C=O) groups excluding carboxylic acids is 1. The second-order valence-corrected chi connectivity index (χ2v) is 4.07. The summed E-state index contributed by atoms with van der Waals surface area (Å²) in [6, 6.07) is -0.378. The summed E-state index contributed by atoms with van der Waals surface area (Å²) in [7, 11) is 0. The molecule has 0 aromatic rings. The number of amides is 1. The van der Waals surface area contributed by atoms with E-state index in [1.165, 1.54) is 0 Å². The first-order valence-corrected chi connectivity index (χ1v) is 5.39. The van der Waals surface area contributed by atoms with E-state index in [0.717, 1.165) is 0 Å². The highest BCUT2D eigenvalue weighted by molar-refractivity contribution is 6.27. The Morgan fingerprint density at radius 1 is 1.40 bits per heavy atom. The maximum Gasteiger partial charge on any atom is 0.391 e. The van der Waals surface area contributed by atoms with Gasteiger partial charge < -0.3 is 5.32 Å². The molecule has 0 heterocycles. The van der Waals surface area contributed by atoms with Crippen molar-refractivity contribution in [3.8, 4) is 0 Å². The van der Waals surface area contributed by atoms with Crippen molar-refractivity contribution in [1.29, 1.82) is 0 Å². The van der Waals surface area contributed by atoms with Crippen LogP contribution in [0.3, 0.4) is 0 Å². The van der Waals surface area contributed by atoms with Gasteiger partial charge in [0.15, 0.2) is 0 Å². The van der Waals surface area contributed by atoms with Crippen LogP contribution in [0.4, 0.5) is 13.2 Å². The summed E-state index contributed by atoms with van der Waals surface area (Å²) in [6.07, 6.45) is -2.90. The zero-order chi connectivity index (χ0) is 11.5. The first kappa shape index (κ1) is 12.6. The Morgan fingerprint density at radius 3 is 2.60 bits per heavy atom. The fraction of sp³-hybridized carbons (Fsp3) is 0.889. The molecule has 1 aliphatic carbocycles. The summed E-state index contributed by atoms with van der Waals surface area (Å²) in [5, 5.41) is 2.50. The second kappa shape index (κ2) is 5.05. The molecule has 2 nitrogen and oxygen atoms in total. The minimum Gasteiger partial charge on any atom is -0.352 e. The number of nitrogens with one attached hydrogen (secondary N) is 1. The number of alkyl halides is 4. The molecule has 1 fully saturated rings. The molecule has 1 saturated carbocycles. The normalized spacial score (nSPS) is 27.5. The van der Waals surface area contributed by atoms with Gasteiger partial charge in [-0.25, -0.2) is 0 Å². The first-order chi connectivity index (χ1) is 6.93. The van der Waals surface area contributed by atoms with Crippen LogP contribution in [0.1, 0.15) is 25.7 Å². The van der Waals surface area contributed by atoms with Gasteiger partial charge in [-0.15, -0.1) is 11.6 Å². The van der Waals surface area contributed by atoms with Crippen molar-refractivity contribution in [2.24, 2.45) is 5.92 Å². The third-order valence-corrected chi connectivity index (χ3v) is 2.87. The van der Waals surface area contributed by atoms with E-state index in [9.17, 15) is 18.0 Å². The quantitative estimate of drug-likeness (QED) is 0.742. The summed E-state index contributed by atoms with van der Waals surface area (Å²) in [5.74, 6) is -1.89. The van der Waals surface area contributed by atoms with Crippen molar-refractivity contribution in [2.45, 2.75) is 37.9 Å². The molecule has 0 bridgehead atoms. The van der Waals surface area contributed by atoms with E-state index >= 15 is 0 Å². The predicted molar refractivity (Wildman–Crippen MR) is 50.7 cm³/mol. The molecule has 0 spiro atoms. The van der Waals surface area contributed by atoms with Crippen LogP contribution in [0.5, 0.6) is 0 Å². The Balaban J connectivity index is 2.46. The maximum atomic E-state index is 12.4. The van der Waals surface area contributed by atoms with Crippen LogP contribution in [0.2, 0.25) is 0 Å². The molecule has 0 radical (unpaired) electrons. The van der Waals surface area contributed by atoms with E-state index in [1.807, 2.05) is 0 Å². The van der Waals surface area contributed by atoms with E-state index in [-0.39, 0.29) is 24.8 Å². The standard InChI is InChI=1S/C9H13ClF3NO/c10-5-8(15)14-7-3-1-2-6(4-7)9(11,12)13/h6-7H,1-5H2,(H,14,15). The minimum atomic E-state index is -4.15. The predicted octanol–water partition coefficient (Wildman–Crippen LogP) is 2.46. The summed E-state index contributed by atoms with van der Waals surface area (Å²) in [5.41, 5.74) is 0. The lowest BCUT2D eigenvalue weighted by Gasteiger charge is -2.30. The Kier molecular flexibility index (Phi) is 4.25. The van der Waals surface area contributed by atoms with E-state index in [0.29, 0.717) is 12.8 Å². The molecule has 0 aromatic carbocycles. The van der Waals surface area contributed by atoms with E-state index < -0.39 is 18.0 Å². The summed E-state index contributed by atoms with van der Waals surface area (Å²) < 4.78 is 37.2. The Labute approximate surface area is 91.2 Å². The lowest BCUT2D eigenvalue weighted by Crippen LogP contribution is -2.42. The van der Waals surface area contributed by atoms with Gasteiger partial charge in [0, 0.05) is 6.04 Å². The number of hydrogen-bond acceptors (Lipinski definition) is 1. The van der Waals surface area contributed by atoms with Crippen molar-refractivity contribution >= 4 is 17.5 Å². The van der Waals surface area contributed by atoms with Crippen molar-refractivity contribution < 1.29 is 18.0 Å². The van der Waals surface area contributed by atoms with Gasteiger partial charge in [0.2, 0.25) is 5.91 Å². The van der Waals surface area contributed by atoms with Gasteiger partial charge >= 0.3 is 6.18 Å². The molecule has 0 saturated heterocycles. The lowest BCUT2D eigenvalue weighted by atomic mass is 9.85. The van der Waals surface area contributed by atoms with Crippen LogP contribution >= 0.6 is 11.6 Å². The second-order valence-electron chi connectivity index (χ2n) is 3.80. The molecule has 88 valence electrons. The molecular formula is C9H13ClF3NO. The molecule has 0 aromatic heterocycles. The number of rotatable bonds is 2. The van der Waals surface area contributed by atoms with Crippen LogP contribution in [-0.4, -0.2) is 24.0 Å². The van der Waals surface area contributed by atoms with Gasteiger partial charge in [0.05, 0.1) is 5.92 Å². The van der Waals surface area contributed by atoms with Crippen molar-refractivity contribution in [3.63, 3.8) is 0 Å². The Bertz CT molecular complexity index is 232. The fourth-order valence-corrected chi connectivity index (χ4v) is 1.96. The van der Waals surface area contributed by atoms with Gasteiger partial charge in [0.1, 0.15) is 5.88 Å². The Morgan fingerprint density at radius 2 is 2.07 bits per heavy atom. The molecule has 6 heteroatoms. The van der Waals surface area contributed by atoms with Crippen LogP contribution in [0, 0.1) is 5.92 Å². The highest BCUT2D eigenvalue weighted by Crippen LogP contribution is 2.37. The van der Waals surface area contributed by atoms with Gasteiger partial charge in [-0.2, -0.15) is 13.2 Å². The minimum absolute atomic E-state index is 0.0217. The topological polar surface area (TPSA) is 29.1 Å². The molecule has 1 rings (SSSR count). The van der Waals surface area contributed by atoms with Gasteiger partial charge in [-0.05, 0) is 19.3 Å². The SMILES string of the molecule is O=C(CCl)NC1CCCC(C(F)(F)F)C1. The van der Waals surface area contributed by atoms with Crippen molar-refractivity contribution in [3.05, 3.63) is 0 Å². The van der Waals surface area contributed by atoms with Crippen LogP contribution < -0.4 is 5.32 Å². The van der Waals surface area contributed by atoms with Crippen molar-refractivity contribution in [2.75, 3.05) is 5.88 Å². The van der Waals surface area contributed by atoms with Crippen LogP contribution in [-0.2, 0) is 4.79 Å². The number of carbonyl (C=O) groups is 1. The van der Waals surface area contributed by atoms with Crippen LogP contribution in [0.15, 0.2) is 0 Å². The third kappa shape index (κ3) is 3.89. The average Bonchev–Trinajstić information content (AvgIpc) is 2.17. The number of hydrogen-bond donors (Lipinski definition) is 1. The summed E-state index contributed by atoms with van der Waals surface area (Å²) >= 11 is 5.26. The fourth-order valence-electron chi connectivity index (χ4n) is 1.88. The molecule has 15 heavy (non-hydrogen) atoms. The first-order valence-electron chi connectivity index (χ1n) is 4.85. The third-order valence-electron chi connectivity index (χ3n) is 2.62. The Hall–Kier alpha value is -0.450. The maximum absolute atomic E-state index is 12.4. The van der Waals surface area contributed by atoms with E-state index in [2.05, 4.69) is 5.32 Å². The smallest absolute Gasteiger partial charge is 0.352 e. The summed E-state index contributed by atoms with van der Waals surface area (Å²) in [4.78, 5) is 10.9. The average molecular weight is 244 g/mol. The monoisotopic (exact) mass is 243 g/mol. The lowest BCUT2D eigenvalue weighted by molar-refractivity contribution is -0.184. The number of halogens is 4. The molecule has 1 aliphatic rings.